The average molecular weight is 441 g/mol. The third kappa shape index (κ3) is 4.53. The van der Waals surface area contributed by atoms with Gasteiger partial charge in [0, 0.05) is 26.2 Å². The van der Waals surface area contributed by atoms with Crippen LogP contribution in [0.5, 0.6) is 11.5 Å². The summed E-state index contributed by atoms with van der Waals surface area (Å²) in [6, 6.07) is 11.1. The maximum atomic E-state index is 12.5. The highest BCUT2D eigenvalue weighted by molar-refractivity contribution is 7.80. The first kappa shape index (κ1) is 21.9. The highest BCUT2D eigenvalue weighted by Gasteiger charge is 2.35. The molecule has 0 unspecified atom stereocenters. The molecule has 1 aliphatic heterocycles. The first-order valence-corrected chi connectivity index (χ1v) is 9.49. The molecule has 3 rings (SSSR count). The second-order valence-electron chi connectivity index (χ2n) is 6.69. The molecule has 2 aromatic rings. The van der Waals surface area contributed by atoms with Crippen molar-refractivity contribution in [3.63, 3.8) is 0 Å². The van der Waals surface area contributed by atoms with E-state index in [0.29, 0.717) is 22.6 Å². The number of carbonyl (C=O) groups excluding carboxylic acids is 2. The molecule has 0 spiro atoms. The van der Waals surface area contributed by atoms with Crippen molar-refractivity contribution in [3.8, 4) is 11.5 Å². The van der Waals surface area contributed by atoms with E-state index in [1.54, 1.807) is 30.3 Å². The topological polar surface area (TPSA) is 102 Å². The number of nitrogens with zero attached hydrogens (tertiary/aromatic N) is 3. The monoisotopic (exact) mass is 441 g/mol. The van der Waals surface area contributed by atoms with E-state index in [0.717, 1.165) is 0 Å². The number of nitro groups is 1. The highest BCUT2D eigenvalue weighted by Crippen LogP contribution is 2.30. The molecule has 10 heteroatoms. The Morgan fingerprint density at radius 1 is 1.06 bits per heavy atom. The van der Waals surface area contributed by atoms with Crippen molar-refractivity contribution < 1.29 is 24.0 Å². The van der Waals surface area contributed by atoms with Crippen LogP contribution in [0.15, 0.2) is 48.0 Å². The van der Waals surface area contributed by atoms with Crippen LogP contribution in [-0.4, -0.2) is 52.9 Å². The molecule has 0 N–H and O–H groups in total. The van der Waals surface area contributed by atoms with E-state index in [2.05, 4.69) is 0 Å². The second-order valence-corrected chi connectivity index (χ2v) is 7.06. The molecule has 2 amide bonds. The van der Waals surface area contributed by atoms with Crippen molar-refractivity contribution >= 4 is 40.9 Å². The molecule has 0 bridgehead atoms. The van der Waals surface area contributed by atoms with Crippen LogP contribution in [0.25, 0.3) is 6.08 Å². The summed E-state index contributed by atoms with van der Waals surface area (Å²) in [5.41, 5.74) is 1.14. The van der Waals surface area contributed by atoms with E-state index in [1.807, 2.05) is 0 Å². The van der Waals surface area contributed by atoms with Gasteiger partial charge < -0.3 is 9.47 Å². The highest BCUT2D eigenvalue weighted by atomic mass is 32.1. The third-order valence-electron chi connectivity index (χ3n) is 4.66. The Bertz CT molecular complexity index is 1090. The molecule has 160 valence electrons. The molecule has 9 nitrogen and oxygen atoms in total. The Kier molecular flexibility index (Phi) is 6.30. The minimum Gasteiger partial charge on any atom is -0.493 e. The van der Waals surface area contributed by atoms with Crippen molar-refractivity contribution in [2.75, 3.05) is 21.2 Å². The Labute approximate surface area is 183 Å². The number of nitro benzene ring substituents is 1. The number of benzene rings is 2. The van der Waals surface area contributed by atoms with Crippen LogP contribution in [-0.2, 0) is 16.2 Å². The van der Waals surface area contributed by atoms with Gasteiger partial charge in [-0.25, -0.2) is 0 Å². The Balaban J connectivity index is 1.83. The fourth-order valence-electron chi connectivity index (χ4n) is 2.96. The molecular formula is C21H19N3O6S. The zero-order valence-corrected chi connectivity index (χ0v) is 17.8. The molecular weight excluding hydrogens is 422 g/mol. The predicted molar refractivity (Wildman–Crippen MR) is 117 cm³/mol. The zero-order valence-electron chi connectivity index (χ0n) is 17.0. The lowest BCUT2D eigenvalue weighted by molar-refractivity contribution is -0.384. The van der Waals surface area contributed by atoms with Crippen molar-refractivity contribution in [1.29, 1.82) is 0 Å². The molecule has 0 aromatic heterocycles. The minimum absolute atomic E-state index is 0.0220. The average Bonchev–Trinajstić information content (AvgIpc) is 2.78. The van der Waals surface area contributed by atoms with Crippen molar-refractivity contribution in [2.45, 2.75) is 6.61 Å². The van der Waals surface area contributed by atoms with E-state index in [4.69, 9.17) is 21.7 Å². The summed E-state index contributed by atoms with van der Waals surface area (Å²) >= 11 is 5.08. The number of ether oxygens (including phenoxy) is 2. The van der Waals surface area contributed by atoms with Gasteiger partial charge in [0.25, 0.3) is 17.5 Å². The molecule has 0 atom stereocenters. The summed E-state index contributed by atoms with van der Waals surface area (Å²) in [6.07, 6.45) is 1.46. The fourth-order valence-corrected chi connectivity index (χ4v) is 3.12. The lowest BCUT2D eigenvalue weighted by atomic mass is 10.1. The van der Waals surface area contributed by atoms with Crippen LogP contribution in [0.4, 0.5) is 5.69 Å². The van der Waals surface area contributed by atoms with Gasteiger partial charge in [0.1, 0.15) is 12.2 Å². The van der Waals surface area contributed by atoms with Crippen LogP contribution in [0, 0.1) is 10.1 Å². The lowest BCUT2D eigenvalue weighted by Crippen LogP contribution is -2.52. The standard InChI is InChI=1S/C21H19N3O6S/c1-22-19(25)16(20(26)23(2)21(22)31)10-13-7-8-17(18(11-13)29-3)30-12-14-5-4-6-15(9-14)24(27)28/h4-11H,12H2,1-3H3. The van der Waals surface area contributed by atoms with E-state index in [-0.39, 0.29) is 23.0 Å². The Morgan fingerprint density at radius 3 is 2.35 bits per heavy atom. The second kappa shape index (κ2) is 8.92. The van der Waals surface area contributed by atoms with E-state index in [9.17, 15) is 19.7 Å². The number of rotatable bonds is 6. The van der Waals surface area contributed by atoms with E-state index >= 15 is 0 Å². The van der Waals surface area contributed by atoms with E-state index < -0.39 is 16.7 Å². The Hall–Kier alpha value is -3.79. The predicted octanol–water partition coefficient (Wildman–Crippen LogP) is 2.78. The quantitative estimate of drug-likeness (QED) is 0.223. The largest absolute Gasteiger partial charge is 0.493 e. The molecule has 1 aliphatic rings. The number of thiocarbonyl (C=S) groups is 1. The maximum Gasteiger partial charge on any atom is 0.269 e. The molecule has 1 saturated heterocycles. The number of methoxy groups -OCH3 is 1. The molecule has 31 heavy (non-hydrogen) atoms. The normalized spacial score (nSPS) is 14.0. The van der Waals surface area contributed by atoms with Crippen LogP contribution in [0.2, 0.25) is 0 Å². The van der Waals surface area contributed by atoms with Crippen LogP contribution in [0.1, 0.15) is 11.1 Å². The van der Waals surface area contributed by atoms with Crippen LogP contribution < -0.4 is 9.47 Å². The molecule has 0 aliphatic carbocycles. The number of hydrogen-bond acceptors (Lipinski definition) is 7. The summed E-state index contributed by atoms with van der Waals surface area (Å²) in [5, 5.41) is 11.0. The van der Waals surface area contributed by atoms with Gasteiger partial charge in [0.15, 0.2) is 16.6 Å². The van der Waals surface area contributed by atoms with Crippen LogP contribution in [0.3, 0.4) is 0 Å². The fraction of sp³-hybridized carbons (Fsp3) is 0.190. The third-order valence-corrected chi connectivity index (χ3v) is 5.21. The van der Waals surface area contributed by atoms with Gasteiger partial charge in [0.05, 0.1) is 12.0 Å². The summed E-state index contributed by atoms with van der Waals surface area (Å²) in [5.74, 6) is -0.184. The number of non-ortho nitro benzene ring substituents is 1. The summed E-state index contributed by atoms with van der Waals surface area (Å²) in [6.45, 7) is 0.0997. The minimum atomic E-state index is -0.488. The van der Waals surface area contributed by atoms with Crippen molar-refractivity contribution in [2.24, 2.45) is 0 Å². The van der Waals surface area contributed by atoms with Crippen LogP contribution >= 0.6 is 12.2 Å². The van der Waals surface area contributed by atoms with Gasteiger partial charge in [-0.3, -0.25) is 29.5 Å². The first-order valence-electron chi connectivity index (χ1n) is 9.09. The smallest absolute Gasteiger partial charge is 0.269 e. The summed E-state index contributed by atoms with van der Waals surface area (Å²) in [4.78, 5) is 37.8. The van der Waals surface area contributed by atoms with Crippen molar-refractivity contribution in [3.05, 3.63) is 69.3 Å². The van der Waals surface area contributed by atoms with Gasteiger partial charge in [-0.15, -0.1) is 0 Å². The molecule has 0 saturated carbocycles. The van der Waals surface area contributed by atoms with Crippen molar-refractivity contribution in [1.82, 2.24) is 9.80 Å². The summed E-state index contributed by atoms with van der Waals surface area (Å²) < 4.78 is 11.1. The Morgan fingerprint density at radius 2 is 1.74 bits per heavy atom. The number of hydrogen-bond donors (Lipinski definition) is 0. The zero-order chi connectivity index (χ0) is 22.7. The number of likely N-dealkylation sites (N-methyl/N-ethyl adjacent to an activating group) is 2. The van der Waals surface area contributed by atoms with Gasteiger partial charge in [-0.2, -0.15) is 0 Å². The molecule has 2 aromatic carbocycles. The molecule has 1 fully saturated rings. The molecule has 0 radical (unpaired) electrons. The summed E-state index contributed by atoms with van der Waals surface area (Å²) in [7, 11) is 4.48. The van der Waals surface area contributed by atoms with E-state index in [1.165, 1.54) is 49.2 Å². The maximum absolute atomic E-state index is 12.5. The lowest BCUT2D eigenvalue weighted by Gasteiger charge is -2.31. The molecule has 1 heterocycles. The van der Waals surface area contributed by atoms with Gasteiger partial charge in [-0.05, 0) is 41.6 Å². The number of amides is 2. The number of carbonyl (C=O) groups is 2. The van der Waals surface area contributed by atoms with Gasteiger partial charge in [0.2, 0.25) is 0 Å². The SMILES string of the molecule is COc1cc(C=C2C(=O)N(C)C(=S)N(C)C2=O)ccc1OCc1cccc([N+](=O)[O-])c1. The first-order chi connectivity index (χ1) is 14.7. The van der Waals surface area contributed by atoms with Gasteiger partial charge in [-0.1, -0.05) is 18.2 Å². The van der Waals surface area contributed by atoms with Gasteiger partial charge >= 0.3 is 0 Å².